The molecule has 0 aliphatic heterocycles. The normalized spacial score (nSPS) is 24.9. The van der Waals surface area contributed by atoms with E-state index in [0.29, 0.717) is 12.0 Å². The molecule has 0 aromatic heterocycles. The van der Waals surface area contributed by atoms with Crippen LogP contribution in [0.1, 0.15) is 49.7 Å². The molecule has 17 heavy (non-hydrogen) atoms. The average Bonchev–Trinajstić information content (AvgIpc) is 2.33. The monoisotopic (exact) mass is 235 g/mol. The maximum absolute atomic E-state index is 13.6. The molecule has 0 saturated heterocycles. The summed E-state index contributed by atoms with van der Waals surface area (Å²) in [6.07, 6.45) is 4.86. The molecule has 2 unspecified atom stereocenters. The third-order valence-electron chi connectivity index (χ3n) is 3.83. The van der Waals surface area contributed by atoms with Crippen molar-refractivity contribution < 1.29 is 4.39 Å². The van der Waals surface area contributed by atoms with Crippen molar-refractivity contribution in [1.29, 1.82) is 0 Å². The minimum atomic E-state index is -0.0620. The van der Waals surface area contributed by atoms with Gasteiger partial charge in [0.1, 0.15) is 5.82 Å². The van der Waals surface area contributed by atoms with Gasteiger partial charge in [0.25, 0.3) is 0 Å². The smallest absolute Gasteiger partial charge is 0.126 e. The van der Waals surface area contributed by atoms with Gasteiger partial charge in [0.2, 0.25) is 0 Å². The molecule has 0 heterocycles. The highest BCUT2D eigenvalue weighted by Gasteiger charge is 2.22. The van der Waals surface area contributed by atoms with Crippen LogP contribution in [-0.4, -0.2) is 12.6 Å². The molecule has 1 aromatic rings. The van der Waals surface area contributed by atoms with Crippen LogP contribution in [0.15, 0.2) is 18.2 Å². The van der Waals surface area contributed by atoms with Gasteiger partial charge in [-0.1, -0.05) is 25.5 Å². The van der Waals surface area contributed by atoms with Gasteiger partial charge >= 0.3 is 0 Å². The van der Waals surface area contributed by atoms with Crippen LogP contribution in [0.5, 0.6) is 0 Å². The van der Waals surface area contributed by atoms with E-state index in [1.165, 1.54) is 24.8 Å². The van der Waals surface area contributed by atoms with Gasteiger partial charge in [-0.15, -0.1) is 0 Å². The summed E-state index contributed by atoms with van der Waals surface area (Å²) < 4.78 is 13.6. The van der Waals surface area contributed by atoms with E-state index in [-0.39, 0.29) is 5.82 Å². The summed E-state index contributed by atoms with van der Waals surface area (Å²) in [5.41, 5.74) is 1.92. The van der Waals surface area contributed by atoms with Crippen LogP contribution in [0.4, 0.5) is 4.39 Å². The summed E-state index contributed by atoms with van der Waals surface area (Å²) in [7, 11) is 0. The Morgan fingerprint density at radius 2 is 2.18 bits per heavy atom. The van der Waals surface area contributed by atoms with Crippen molar-refractivity contribution in [3.05, 3.63) is 35.1 Å². The molecule has 2 heteroatoms. The van der Waals surface area contributed by atoms with E-state index in [2.05, 4.69) is 18.3 Å². The van der Waals surface area contributed by atoms with Crippen LogP contribution in [0.3, 0.4) is 0 Å². The van der Waals surface area contributed by atoms with Crippen LogP contribution in [0.25, 0.3) is 0 Å². The highest BCUT2D eigenvalue weighted by molar-refractivity contribution is 5.26. The lowest BCUT2D eigenvalue weighted by Crippen LogP contribution is -2.33. The second-order valence-electron chi connectivity index (χ2n) is 5.13. The van der Waals surface area contributed by atoms with E-state index in [4.69, 9.17) is 0 Å². The van der Waals surface area contributed by atoms with Crippen molar-refractivity contribution >= 4 is 0 Å². The summed E-state index contributed by atoms with van der Waals surface area (Å²) in [5, 5.41) is 3.52. The molecule has 0 spiro atoms. The van der Waals surface area contributed by atoms with Crippen molar-refractivity contribution in [2.75, 3.05) is 6.54 Å². The largest absolute Gasteiger partial charge is 0.314 e. The molecule has 94 valence electrons. The van der Waals surface area contributed by atoms with Crippen LogP contribution in [0.2, 0.25) is 0 Å². The Hall–Kier alpha value is -0.890. The fourth-order valence-electron chi connectivity index (χ4n) is 2.83. The van der Waals surface area contributed by atoms with Crippen molar-refractivity contribution in [2.24, 2.45) is 0 Å². The third kappa shape index (κ3) is 3.06. The average molecular weight is 235 g/mol. The van der Waals surface area contributed by atoms with Gasteiger partial charge < -0.3 is 5.32 Å². The Balaban J connectivity index is 2.08. The van der Waals surface area contributed by atoms with Crippen molar-refractivity contribution in [3.8, 4) is 0 Å². The lowest BCUT2D eigenvalue weighted by atomic mass is 9.81. The number of nitrogens with one attached hydrogen (secondary N) is 1. The first kappa shape index (κ1) is 12.6. The highest BCUT2D eigenvalue weighted by Crippen LogP contribution is 2.33. The topological polar surface area (TPSA) is 12.0 Å². The minimum Gasteiger partial charge on any atom is -0.314 e. The molecule has 0 bridgehead atoms. The lowest BCUT2D eigenvalue weighted by Gasteiger charge is -2.30. The standard InChI is InChI=1S/C15H22FN/c1-3-17-14-6-4-5-12(9-14)13-8-7-11(2)15(16)10-13/h7-8,10,12,14,17H,3-6,9H2,1-2H3. The van der Waals surface area contributed by atoms with Gasteiger partial charge in [-0.05, 0) is 55.8 Å². The third-order valence-corrected chi connectivity index (χ3v) is 3.83. The molecular weight excluding hydrogens is 213 g/mol. The van der Waals surface area contributed by atoms with Crippen LogP contribution in [-0.2, 0) is 0 Å². The zero-order valence-electron chi connectivity index (χ0n) is 10.8. The highest BCUT2D eigenvalue weighted by atomic mass is 19.1. The molecule has 1 aromatic carbocycles. The zero-order chi connectivity index (χ0) is 12.3. The summed E-state index contributed by atoms with van der Waals surface area (Å²) in [4.78, 5) is 0. The maximum atomic E-state index is 13.6. The first-order valence-electron chi connectivity index (χ1n) is 6.70. The Kier molecular flexibility index (Phi) is 4.16. The van der Waals surface area contributed by atoms with Crippen molar-refractivity contribution in [2.45, 2.75) is 51.5 Å². The molecule has 2 rings (SSSR count). The van der Waals surface area contributed by atoms with E-state index >= 15 is 0 Å². The molecule has 2 atom stereocenters. The Labute approximate surface area is 103 Å². The van der Waals surface area contributed by atoms with Gasteiger partial charge in [-0.25, -0.2) is 4.39 Å². The first-order chi connectivity index (χ1) is 8.20. The number of rotatable bonds is 3. The minimum absolute atomic E-state index is 0.0620. The molecule has 1 fully saturated rings. The quantitative estimate of drug-likeness (QED) is 0.841. The van der Waals surface area contributed by atoms with E-state index in [1.807, 2.05) is 13.0 Å². The van der Waals surface area contributed by atoms with Crippen molar-refractivity contribution in [3.63, 3.8) is 0 Å². The molecule has 1 aliphatic carbocycles. The Morgan fingerprint density at radius 1 is 1.35 bits per heavy atom. The van der Waals surface area contributed by atoms with Crippen molar-refractivity contribution in [1.82, 2.24) is 5.32 Å². The molecule has 1 saturated carbocycles. The zero-order valence-corrected chi connectivity index (χ0v) is 10.8. The SMILES string of the molecule is CCNC1CCCC(c2ccc(C)c(F)c2)C1. The molecular formula is C15H22FN. The van der Waals surface area contributed by atoms with E-state index in [9.17, 15) is 4.39 Å². The maximum Gasteiger partial charge on any atom is 0.126 e. The second kappa shape index (κ2) is 5.63. The summed E-state index contributed by atoms with van der Waals surface area (Å²) in [5.74, 6) is 0.468. The van der Waals surface area contributed by atoms with E-state index in [0.717, 1.165) is 18.5 Å². The Bertz CT molecular complexity index is 373. The number of benzene rings is 1. The molecule has 1 aliphatic rings. The Morgan fingerprint density at radius 3 is 2.88 bits per heavy atom. The summed E-state index contributed by atoms with van der Waals surface area (Å²) in [6, 6.07) is 6.34. The van der Waals surface area contributed by atoms with Gasteiger partial charge in [0, 0.05) is 6.04 Å². The fourth-order valence-corrected chi connectivity index (χ4v) is 2.83. The van der Waals surface area contributed by atoms with E-state index < -0.39 is 0 Å². The molecule has 0 amide bonds. The number of hydrogen-bond donors (Lipinski definition) is 1. The van der Waals surface area contributed by atoms with Crippen LogP contribution >= 0.6 is 0 Å². The predicted molar refractivity (Wildman–Crippen MR) is 69.8 cm³/mol. The molecule has 0 radical (unpaired) electrons. The fraction of sp³-hybridized carbons (Fsp3) is 0.600. The van der Waals surface area contributed by atoms with Crippen LogP contribution in [0, 0.1) is 12.7 Å². The first-order valence-corrected chi connectivity index (χ1v) is 6.70. The van der Waals surface area contributed by atoms with E-state index in [1.54, 1.807) is 6.07 Å². The summed E-state index contributed by atoms with van der Waals surface area (Å²) in [6.45, 7) is 5.00. The number of hydrogen-bond acceptors (Lipinski definition) is 1. The summed E-state index contributed by atoms with van der Waals surface area (Å²) >= 11 is 0. The van der Waals surface area contributed by atoms with Gasteiger partial charge in [0.05, 0.1) is 0 Å². The predicted octanol–water partition coefficient (Wildman–Crippen LogP) is 3.77. The number of halogens is 1. The van der Waals surface area contributed by atoms with Gasteiger partial charge in [0.15, 0.2) is 0 Å². The van der Waals surface area contributed by atoms with Gasteiger partial charge in [-0.2, -0.15) is 0 Å². The van der Waals surface area contributed by atoms with Crippen LogP contribution < -0.4 is 5.32 Å². The molecule has 1 nitrogen and oxygen atoms in total. The number of aryl methyl sites for hydroxylation is 1. The second-order valence-corrected chi connectivity index (χ2v) is 5.13. The molecule has 1 N–H and O–H groups in total. The lowest BCUT2D eigenvalue weighted by molar-refractivity contribution is 0.344. The van der Waals surface area contributed by atoms with Gasteiger partial charge in [-0.3, -0.25) is 0 Å².